The van der Waals surface area contributed by atoms with E-state index in [4.69, 9.17) is 0 Å². The Morgan fingerprint density at radius 2 is 0.444 bits per heavy atom. The number of hydrogen-bond acceptors (Lipinski definition) is 0. The molecule has 0 N–H and O–H groups in total. The molecule has 0 fully saturated rings. The summed E-state index contributed by atoms with van der Waals surface area (Å²) >= 11 is 0. The van der Waals surface area contributed by atoms with Gasteiger partial charge in [0.25, 0.3) is 0 Å². The van der Waals surface area contributed by atoms with Gasteiger partial charge in [0.1, 0.15) is 0 Å². The van der Waals surface area contributed by atoms with E-state index in [0.29, 0.717) is 0 Å². The molecule has 0 unspecified atom stereocenters. The van der Waals surface area contributed by atoms with Crippen molar-refractivity contribution in [1.82, 2.24) is 0 Å². The Bertz CT molecular complexity index is 14.9. The third-order valence-electron chi connectivity index (χ3n) is 0. The Balaban J connectivity index is 0. The van der Waals surface area contributed by atoms with E-state index >= 15 is 0 Å². The van der Waals surface area contributed by atoms with Crippen LogP contribution >= 0.6 is 0 Å². The minimum Gasteiger partial charge on any atom is -2.00 e. The fraction of sp³-hybridized carbons (Fsp3) is 0. The summed E-state index contributed by atoms with van der Waals surface area (Å²) in [7, 11) is 0. The van der Waals surface area contributed by atoms with E-state index in [1.165, 1.54) is 0 Å². The van der Waals surface area contributed by atoms with Crippen LogP contribution in [0.15, 0.2) is 0 Å². The van der Waals surface area contributed by atoms with E-state index in [1.54, 1.807) is 0 Å². The summed E-state index contributed by atoms with van der Waals surface area (Å²) in [6, 6.07) is 0. The summed E-state index contributed by atoms with van der Waals surface area (Å²) in [5.74, 6) is 0. The van der Waals surface area contributed by atoms with Gasteiger partial charge in [-0.3, -0.25) is 0 Å². The Morgan fingerprint density at radius 3 is 0.444 bits per heavy atom. The average molecular weight is 559 g/mol. The molecule has 49 valence electrons. The molecule has 0 heterocycles. The van der Waals surface area contributed by atoms with Gasteiger partial charge in [0.2, 0.25) is 0 Å². The second-order valence-electron chi connectivity index (χ2n) is 0. The molecule has 1 radical (unpaired) electrons. The van der Waals surface area contributed by atoms with E-state index in [-0.39, 0.29) is 165 Å². The molecule has 0 aromatic carbocycles. The van der Waals surface area contributed by atoms with E-state index in [9.17, 15) is 0 Å². The Labute approximate surface area is 160 Å². The molecule has 0 rings (SSSR count). The van der Waals surface area contributed by atoms with Crippen LogP contribution in [-0.2, 0) is 44.4 Å². The van der Waals surface area contributed by atoms with Crippen molar-refractivity contribution < 1.29 is 116 Å². The molecule has 9 heteroatoms. The molecule has 0 aliphatic carbocycles. The van der Waals surface area contributed by atoms with Gasteiger partial charge in [-0.2, -0.15) is 0 Å². The smallest absolute Gasteiger partial charge is 2.00 e. The van der Waals surface area contributed by atoms with Gasteiger partial charge in [-0.25, -0.2) is 0 Å². The molecular weight excluding hydrogens is 559 g/mol. The minimum absolute atomic E-state index is 0. The van der Waals surface area contributed by atoms with Gasteiger partial charge in [0, 0.05) is 0 Å². The third kappa shape index (κ3) is 70.8. The molecule has 0 atom stereocenters. The molecule has 0 spiro atoms. The first-order valence-electron chi connectivity index (χ1n) is 0. The van der Waals surface area contributed by atoms with Gasteiger partial charge < -0.3 is 27.4 Å². The second-order valence-corrected chi connectivity index (χ2v) is 0. The molecule has 0 amide bonds. The van der Waals surface area contributed by atoms with Gasteiger partial charge in [0.15, 0.2) is 0 Å². The monoisotopic (exact) mass is 559 g/mol. The summed E-state index contributed by atoms with van der Waals surface area (Å²) in [6.45, 7) is 0. The van der Waals surface area contributed by atoms with Crippen LogP contribution in [0, 0.1) is 71.2 Å². The van der Waals surface area contributed by atoms with E-state index < -0.39 is 0 Å². The van der Waals surface area contributed by atoms with E-state index in [1.807, 2.05) is 0 Å². The number of rotatable bonds is 0. The summed E-state index contributed by atoms with van der Waals surface area (Å²) in [5, 5.41) is 0. The zero-order chi connectivity index (χ0) is 0. The maximum absolute atomic E-state index is 0. The van der Waals surface area contributed by atoms with Gasteiger partial charge in [0.05, 0.1) is 0 Å². The minimum atomic E-state index is 0. The first-order chi connectivity index (χ1) is 0. The van der Waals surface area contributed by atoms with Crippen LogP contribution in [-0.4, -0.2) is 48.9 Å². The molecule has 9 heavy (non-hydrogen) atoms. The quantitative estimate of drug-likeness (QED) is 0.337. The first kappa shape index (κ1) is 109. The van der Waals surface area contributed by atoms with Gasteiger partial charge in [-0.1, -0.05) is 0 Å². The Morgan fingerprint density at radius 1 is 0.444 bits per heavy atom. The van der Waals surface area contributed by atoms with Gasteiger partial charge in [-0.05, 0) is 0 Å². The first-order valence-corrected chi connectivity index (χ1v) is 0. The summed E-state index contributed by atoms with van der Waals surface area (Å²) in [4.78, 5) is 0. The molecule has 0 aliphatic heterocycles. The van der Waals surface area contributed by atoms with Crippen molar-refractivity contribution in [2.75, 3.05) is 0 Å². The molecule has 0 saturated heterocycles. The normalized spacial score (nSPS) is 0. The van der Waals surface area contributed by atoms with Crippen molar-refractivity contribution in [3.8, 4) is 0 Å². The zero-order valence-electron chi connectivity index (χ0n) is 4.20. The summed E-state index contributed by atoms with van der Waals surface area (Å²) in [5.41, 5.74) is 0. The maximum Gasteiger partial charge on any atom is 3.00 e. The molecule has 5 nitrogen and oxygen atoms in total. The van der Waals surface area contributed by atoms with E-state index in [0.717, 1.165) is 0 Å². The van der Waals surface area contributed by atoms with Gasteiger partial charge >= 0.3 is 137 Å². The van der Waals surface area contributed by atoms with Crippen molar-refractivity contribution >= 4 is 48.9 Å². The predicted octanol–water partition coefficient (Wildman–Crippen LogP) is -0.977. The topological polar surface area (TPSA) is 142 Å². The predicted molar refractivity (Wildman–Crippen MR) is 9.19 cm³/mol. The Kier molecular flexibility index (Phi) is 1040. The van der Waals surface area contributed by atoms with Crippen LogP contribution in [0.4, 0.5) is 0 Å². The molecular formula is BaCuLa2O5. The van der Waals surface area contributed by atoms with Gasteiger partial charge in [-0.15, -0.1) is 0 Å². The molecule has 0 aromatic heterocycles. The van der Waals surface area contributed by atoms with Crippen LogP contribution in [0.3, 0.4) is 0 Å². The third-order valence-corrected chi connectivity index (χ3v) is 0. The molecule has 0 aliphatic rings. The van der Waals surface area contributed by atoms with Crippen LogP contribution in [0.25, 0.3) is 0 Å². The van der Waals surface area contributed by atoms with E-state index in [2.05, 4.69) is 0 Å². The maximum atomic E-state index is 0. The number of hydrogen-bond donors (Lipinski definition) is 0. The average Bonchev–Trinajstić information content (AvgIpc) is 0. The zero-order valence-corrected chi connectivity index (χ0v) is 16.8. The SMILES string of the molecule is [Ba+2].[Cu+2].[La+3].[La+3].[O-2].[O-2].[O-2].[O-2].[O-2]. The standard InChI is InChI=1S/Ba.Cu.2La.5O/q2*+2;2*+3;5*-2. The largest absolute Gasteiger partial charge is 3.00 e. The molecule has 0 saturated carbocycles. The Hall–Kier alpha value is 4.28. The van der Waals surface area contributed by atoms with Crippen molar-refractivity contribution in [2.45, 2.75) is 0 Å². The van der Waals surface area contributed by atoms with Crippen molar-refractivity contribution in [2.24, 2.45) is 0 Å². The van der Waals surface area contributed by atoms with Crippen LogP contribution < -0.4 is 0 Å². The fourth-order valence-corrected chi connectivity index (χ4v) is 0. The van der Waals surface area contributed by atoms with Crippen molar-refractivity contribution in [3.05, 3.63) is 0 Å². The molecule has 0 bridgehead atoms. The fourth-order valence-electron chi connectivity index (χ4n) is 0. The van der Waals surface area contributed by atoms with Crippen molar-refractivity contribution in [3.63, 3.8) is 0 Å². The summed E-state index contributed by atoms with van der Waals surface area (Å²) in [6.07, 6.45) is 0. The van der Waals surface area contributed by atoms with Crippen LogP contribution in [0.1, 0.15) is 0 Å². The summed E-state index contributed by atoms with van der Waals surface area (Å²) < 4.78 is 0. The van der Waals surface area contributed by atoms with Crippen LogP contribution in [0.2, 0.25) is 0 Å². The van der Waals surface area contributed by atoms with Crippen LogP contribution in [0.5, 0.6) is 0 Å². The van der Waals surface area contributed by atoms with Crippen molar-refractivity contribution in [1.29, 1.82) is 0 Å². The molecule has 0 aromatic rings. The second kappa shape index (κ2) is 85.3.